The number of nitrogens with zero attached hydrogens (tertiary/aromatic N) is 1. The van der Waals surface area contributed by atoms with Gasteiger partial charge in [0.25, 0.3) is 0 Å². The van der Waals surface area contributed by atoms with Gasteiger partial charge >= 0.3 is 0 Å². The number of hydrogen-bond acceptors (Lipinski definition) is 3. The molecular weight excluding hydrogens is 104 g/mol. The first-order chi connectivity index (χ1) is 3.85. The van der Waals surface area contributed by atoms with Crippen LogP contribution in [-0.4, -0.2) is 12.5 Å². The summed E-state index contributed by atoms with van der Waals surface area (Å²) in [7, 11) is 0. The van der Waals surface area contributed by atoms with Crippen LogP contribution in [0.5, 0.6) is 0 Å². The standard InChI is InChI=1S/C5H12N2O/c1-3-5(7-6)8-4-2/h3-4,6H2,1-2H3. The molecule has 0 spiro atoms. The molecular formula is C5H12N2O. The molecule has 0 saturated heterocycles. The summed E-state index contributed by atoms with van der Waals surface area (Å²) in [5.74, 6) is 5.55. The lowest BCUT2D eigenvalue weighted by Crippen LogP contribution is -2.05. The summed E-state index contributed by atoms with van der Waals surface area (Å²) in [6.07, 6.45) is 0.768. The van der Waals surface area contributed by atoms with Crippen molar-refractivity contribution >= 4 is 5.90 Å². The summed E-state index contributed by atoms with van der Waals surface area (Å²) < 4.78 is 4.97. The second-order valence-electron chi connectivity index (χ2n) is 1.31. The van der Waals surface area contributed by atoms with Crippen LogP contribution in [-0.2, 0) is 4.74 Å². The van der Waals surface area contributed by atoms with Gasteiger partial charge in [-0.05, 0) is 6.92 Å². The molecule has 0 aliphatic carbocycles. The minimum Gasteiger partial charge on any atom is -0.480 e. The minimum atomic E-state index is 0.618. The van der Waals surface area contributed by atoms with Crippen molar-refractivity contribution in [2.24, 2.45) is 10.9 Å². The molecule has 48 valence electrons. The van der Waals surface area contributed by atoms with Crippen molar-refractivity contribution in [1.82, 2.24) is 0 Å². The van der Waals surface area contributed by atoms with Crippen molar-refractivity contribution in [2.75, 3.05) is 6.61 Å². The first-order valence-electron chi connectivity index (χ1n) is 2.74. The fraction of sp³-hybridized carbons (Fsp3) is 0.800. The van der Waals surface area contributed by atoms with Crippen molar-refractivity contribution in [3.05, 3.63) is 0 Å². The lowest BCUT2D eigenvalue weighted by molar-refractivity contribution is 0.317. The average Bonchev–Trinajstić information content (AvgIpc) is 1.83. The maximum absolute atomic E-state index is 4.97. The van der Waals surface area contributed by atoms with E-state index in [9.17, 15) is 0 Å². The molecule has 0 amide bonds. The van der Waals surface area contributed by atoms with Gasteiger partial charge in [0.1, 0.15) is 0 Å². The Morgan fingerprint density at radius 3 is 2.38 bits per heavy atom. The van der Waals surface area contributed by atoms with Gasteiger partial charge in [-0.3, -0.25) is 0 Å². The third-order valence-corrected chi connectivity index (χ3v) is 0.757. The normalized spacial score (nSPS) is 11.5. The maximum Gasteiger partial charge on any atom is 0.205 e. The Labute approximate surface area is 49.5 Å². The van der Waals surface area contributed by atoms with E-state index in [1.807, 2.05) is 13.8 Å². The lowest BCUT2D eigenvalue weighted by atomic mass is 10.5. The second-order valence-corrected chi connectivity index (χ2v) is 1.31. The second kappa shape index (κ2) is 4.43. The van der Waals surface area contributed by atoms with Gasteiger partial charge in [0.2, 0.25) is 5.90 Å². The molecule has 0 aromatic carbocycles. The van der Waals surface area contributed by atoms with Crippen LogP contribution in [0.25, 0.3) is 0 Å². The van der Waals surface area contributed by atoms with Crippen molar-refractivity contribution in [2.45, 2.75) is 20.3 Å². The van der Waals surface area contributed by atoms with Crippen molar-refractivity contribution in [3.63, 3.8) is 0 Å². The van der Waals surface area contributed by atoms with Gasteiger partial charge in [-0.25, -0.2) is 0 Å². The van der Waals surface area contributed by atoms with Crippen LogP contribution in [0.2, 0.25) is 0 Å². The summed E-state index contributed by atoms with van der Waals surface area (Å²) in [6, 6.07) is 0. The van der Waals surface area contributed by atoms with Gasteiger partial charge < -0.3 is 10.6 Å². The largest absolute Gasteiger partial charge is 0.480 e. The predicted octanol–water partition coefficient (Wildman–Crippen LogP) is 0.705. The van der Waals surface area contributed by atoms with Crippen LogP contribution in [0.4, 0.5) is 0 Å². The molecule has 0 unspecified atom stereocenters. The average molecular weight is 116 g/mol. The minimum absolute atomic E-state index is 0.618. The first-order valence-corrected chi connectivity index (χ1v) is 2.74. The van der Waals surface area contributed by atoms with E-state index >= 15 is 0 Å². The molecule has 2 N–H and O–H groups in total. The predicted molar refractivity (Wildman–Crippen MR) is 33.5 cm³/mol. The quantitative estimate of drug-likeness (QED) is 0.250. The van der Waals surface area contributed by atoms with E-state index in [-0.39, 0.29) is 0 Å². The Bertz CT molecular complexity index is 80.5. The van der Waals surface area contributed by atoms with Crippen LogP contribution in [0.1, 0.15) is 20.3 Å². The highest BCUT2D eigenvalue weighted by Gasteiger charge is 1.89. The summed E-state index contributed by atoms with van der Waals surface area (Å²) in [5, 5.41) is 3.39. The van der Waals surface area contributed by atoms with Crippen LogP contribution in [0, 0.1) is 0 Å². The highest BCUT2D eigenvalue weighted by atomic mass is 16.5. The zero-order valence-corrected chi connectivity index (χ0v) is 5.35. The molecule has 0 rings (SSSR count). The van der Waals surface area contributed by atoms with Gasteiger partial charge in [0.05, 0.1) is 6.61 Å². The molecule has 3 heteroatoms. The Morgan fingerprint density at radius 2 is 2.25 bits per heavy atom. The van der Waals surface area contributed by atoms with Crippen molar-refractivity contribution in [3.8, 4) is 0 Å². The molecule has 3 nitrogen and oxygen atoms in total. The molecule has 0 bridgehead atoms. The molecule has 0 radical (unpaired) electrons. The van der Waals surface area contributed by atoms with E-state index in [0.29, 0.717) is 12.5 Å². The van der Waals surface area contributed by atoms with Crippen LogP contribution in [0.15, 0.2) is 5.10 Å². The van der Waals surface area contributed by atoms with Gasteiger partial charge in [0.15, 0.2) is 0 Å². The summed E-state index contributed by atoms with van der Waals surface area (Å²) in [4.78, 5) is 0. The van der Waals surface area contributed by atoms with Gasteiger partial charge in [0, 0.05) is 6.42 Å². The van der Waals surface area contributed by atoms with Crippen molar-refractivity contribution in [1.29, 1.82) is 0 Å². The summed E-state index contributed by atoms with van der Waals surface area (Å²) >= 11 is 0. The van der Waals surface area contributed by atoms with E-state index in [1.165, 1.54) is 0 Å². The van der Waals surface area contributed by atoms with Crippen LogP contribution >= 0.6 is 0 Å². The highest BCUT2D eigenvalue weighted by Crippen LogP contribution is 1.84. The van der Waals surface area contributed by atoms with E-state index in [2.05, 4.69) is 5.10 Å². The third kappa shape index (κ3) is 2.44. The molecule has 0 aromatic heterocycles. The van der Waals surface area contributed by atoms with E-state index in [1.54, 1.807) is 0 Å². The maximum atomic E-state index is 4.97. The lowest BCUT2D eigenvalue weighted by Gasteiger charge is -2.00. The summed E-state index contributed by atoms with van der Waals surface area (Å²) in [5.41, 5.74) is 0. The Hall–Kier alpha value is -0.730. The molecule has 0 heterocycles. The van der Waals surface area contributed by atoms with Gasteiger partial charge in [-0.1, -0.05) is 6.92 Å². The fourth-order valence-electron chi connectivity index (χ4n) is 0.397. The van der Waals surface area contributed by atoms with E-state index < -0.39 is 0 Å². The van der Waals surface area contributed by atoms with E-state index in [0.717, 1.165) is 6.42 Å². The third-order valence-electron chi connectivity index (χ3n) is 0.757. The van der Waals surface area contributed by atoms with Crippen LogP contribution < -0.4 is 5.84 Å². The Balaban J connectivity index is 3.38. The molecule has 0 aliphatic rings. The van der Waals surface area contributed by atoms with E-state index in [4.69, 9.17) is 10.6 Å². The van der Waals surface area contributed by atoms with Crippen LogP contribution in [0.3, 0.4) is 0 Å². The zero-order chi connectivity index (χ0) is 6.41. The van der Waals surface area contributed by atoms with Crippen molar-refractivity contribution < 1.29 is 4.74 Å². The number of rotatable bonds is 2. The molecule has 0 aromatic rings. The zero-order valence-electron chi connectivity index (χ0n) is 5.35. The number of hydrogen-bond donors (Lipinski definition) is 1. The fourth-order valence-corrected chi connectivity index (χ4v) is 0.397. The Morgan fingerprint density at radius 1 is 1.62 bits per heavy atom. The van der Waals surface area contributed by atoms with Gasteiger partial charge in [-0.15, -0.1) is 5.10 Å². The molecule has 0 fully saturated rings. The number of hydrazone groups is 1. The summed E-state index contributed by atoms with van der Waals surface area (Å²) in [6.45, 7) is 4.49. The number of ether oxygens (including phenoxy) is 1. The number of nitrogens with two attached hydrogens (primary N) is 1. The monoisotopic (exact) mass is 116 g/mol. The highest BCUT2D eigenvalue weighted by molar-refractivity contribution is 5.75. The SMILES string of the molecule is CCOC(CC)=NN. The topological polar surface area (TPSA) is 47.6 Å². The molecule has 8 heavy (non-hydrogen) atoms. The molecule has 0 aliphatic heterocycles. The smallest absolute Gasteiger partial charge is 0.205 e. The molecule has 0 saturated carbocycles. The molecule has 0 atom stereocenters. The Kier molecular flexibility index (Phi) is 4.03. The first kappa shape index (κ1) is 7.27. The van der Waals surface area contributed by atoms with Gasteiger partial charge in [-0.2, -0.15) is 0 Å².